The fourth-order valence-corrected chi connectivity index (χ4v) is 7.46. The number of unbranched alkanes of at least 4 members (excludes halogenated alkanes) is 13. The van der Waals surface area contributed by atoms with Crippen molar-refractivity contribution >= 4 is 0 Å². The van der Waals surface area contributed by atoms with Crippen LogP contribution in [0.1, 0.15) is 126 Å². The van der Waals surface area contributed by atoms with Crippen molar-refractivity contribution in [3.63, 3.8) is 0 Å². The van der Waals surface area contributed by atoms with Gasteiger partial charge in [-0.05, 0) is 23.1 Å². The largest absolute Gasteiger partial charge is 0.389 e. The predicted molar refractivity (Wildman–Crippen MR) is 185 cm³/mol. The average Bonchev–Trinajstić information content (AvgIpc) is 3.43. The minimum atomic E-state index is -1.21. The number of rotatable bonds is 21. The Hall–Kier alpha value is -2.50. The van der Waals surface area contributed by atoms with E-state index in [9.17, 15) is 10.2 Å². The highest BCUT2D eigenvalue weighted by Gasteiger charge is 2.57. The fourth-order valence-electron chi connectivity index (χ4n) is 7.46. The molecule has 0 aromatic heterocycles. The second kappa shape index (κ2) is 18.6. The Morgan fingerprint density at radius 3 is 1.42 bits per heavy atom. The lowest BCUT2D eigenvalue weighted by molar-refractivity contribution is -0.165. The van der Waals surface area contributed by atoms with E-state index < -0.39 is 29.5 Å². The molecule has 0 aliphatic carbocycles. The minimum Gasteiger partial charge on any atom is -0.389 e. The number of ether oxygens (including phenoxy) is 2. The smallest absolute Gasteiger partial charge is 0.160 e. The number of benzene rings is 3. The summed E-state index contributed by atoms with van der Waals surface area (Å²) in [5.41, 5.74) is 0.705. The summed E-state index contributed by atoms with van der Waals surface area (Å²) in [6.45, 7) is 2.28. The van der Waals surface area contributed by atoms with E-state index in [-0.39, 0.29) is 0 Å². The maximum absolute atomic E-state index is 12.6. The van der Waals surface area contributed by atoms with E-state index in [0.29, 0.717) is 12.8 Å². The molecule has 1 heterocycles. The summed E-state index contributed by atoms with van der Waals surface area (Å²) in [7, 11) is 1.62. The van der Waals surface area contributed by atoms with Crippen molar-refractivity contribution in [1.82, 2.24) is 0 Å². The quantitative estimate of drug-likeness (QED) is 0.0926. The summed E-state index contributed by atoms with van der Waals surface area (Å²) in [5.74, 6) is 0. The molecule has 3 aromatic carbocycles. The Kier molecular flexibility index (Phi) is 14.6. The number of aliphatic hydroxyl groups is 2. The van der Waals surface area contributed by atoms with Crippen LogP contribution in [0.4, 0.5) is 0 Å². The van der Waals surface area contributed by atoms with Crippen LogP contribution in [-0.4, -0.2) is 41.4 Å². The normalized spacial score (nSPS) is 20.8. The molecule has 0 saturated carbocycles. The first-order chi connectivity index (χ1) is 22.1. The lowest BCUT2D eigenvalue weighted by Gasteiger charge is -2.45. The third-order valence-corrected chi connectivity index (χ3v) is 9.99. The van der Waals surface area contributed by atoms with Gasteiger partial charge in [0, 0.05) is 13.5 Å². The maximum atomic E-state index is 12.6. The van der Waals surface area contributed by atoms with Crippen LogP contribution in [0.3, 0.4) is 0 Å². The molecule has 4 heteroatoms. The average molecular weight is 615 g/mol. The number of hydrogen-bond donors (Lipinski definition) is 2. The van der Waals surface area contributed by atoms with Crippen LogP contribution in [-0.2, 0) is 14.9 Å². The van der Waals surface area contributed by atoms with Gasteiger partial charge < -0.3 is 19.7 Å². The zero-order valence-electron chi connectivity index (χ0n) is 27.9. The topological polar surface area (TPSA) is 58.9 Å². The first-order valence-corrected chi connectivity index (χ1v) is 17.8. The first-order valence-electron chi connectivity index (χ1n) is 17.8. The van der Waals surface area contributed by atoms with Crippen molar-refractivity contribution in [2.24, 2.45) is 0 Å². The van der Waals surface area contributed by atoms with Gasteiger partial charge in [-0.25, -0.2) is 0 Å². The molecule has 2 N–H and O–H groups in total. The molecule has 1 aliphatic rings. The van der Waals surface area contributed by atoms with Gasteiger partial charge in [0.15, 0.2) is 6.29 Å². The van der Waals surface area contributed by atoms with Crippen LogP contribution < -0.4 is 0 Å². The summed E-state index contributed by atoms with van der Waals surface area (Å²) in [6, 6.07) is 30.5. The van der Waals surface area contributed by atoms with Crippen molar-refractivity contribution in [2.45, 2.75) is 139 Å². The number of aliphatic hydroxyl groups excluding tert-OH is 1. The summed E-state index contributed by atoms with van der Waals surface area (Å²) < 4.78 is 12.1. The molecule has 1 aliphatic heterocycles. The Bertz CT molecular complexity index is 1090. The Labute approximate surface area is 273 Å². The van der Waals surface area contributed by atoms with Gasteiger partial charge in [0.25, 0.3) is 0 Å². The zero-order valence-corrected chi connectivity index (χ0v) is 27.9. The molecule has 0 spiro atoms. The van der Waals surface area contributed by atoms with Crippen molar-refractivity contribution < 1.29 is 19.7 Å². The molecule has 4 atom stereocenters. The molecule has 45 heavy (non-hydrogen) atoms. The molecule has 0 amide bonds. The number of methoxy groups -OCH3 is 1. The van der Waals surface area contributed by atoms with E-state index in [2.05, 4.69) is 43.3 Å². The van der Waals surface area contributed by atoms with E-state index in [0.717, 1.165) is 29.5 Å². The summed E-state index contributed by atoms with van der Waals surface area (Å²) in [4.78, 5) is 0. The van der Waals surface area contributed by atoms with Gasteiger partial charge in [-0.3, -0.25) is 0 Å². The summed E-state index contributed by atoms with van der Waals surface area (Å²) in [5, 5.41) is 24.9. The summed E-state index contributed by atoms with van der Waals surface area (Å²) >= 11 is 0. The van der Waals surface area contributed by atoms with Gasteiger partial charge in [-0.15, -0.1) is 0 Å². The van der Waals surface area contributed by atoms with Gasteiger partial charge in [-0.2, -0.15) is 0 Å². The molecule has 0 radical (unpaired) electrons. The van der Waals surface area contributed by atoms with Gasteiger partial charge in [0.05, 0.1) is 11.0 Å². The molecule has 2 unspecified atom stereocenters. The third kappa shape index (κ3) is 9.29. The van der Waals surface area contributed by atoms with Crippen molar-refractivity contribution in [1.29, 1.82) is 0 Å². The SMILES string of the molecule is CCCCCCCCCCCCCCCC[C@]1(O)CC(OC)O[C@@H]1C(O)C(c1ccccc1)(c1ccccc1)c1ccccc1. The molecule has 4 nitrogen and oxygen atoms in total. The standard InChI is InChI=1S/C41H58O4/c1-3-4-5-6-7-8-9-10-11-12-13-14-15-25-32-40(43)33-37(44-2)45-39(40)38(42)41(34-26-19-16-20-27-34,35-28-21-17-22-29-35)36-30-23-18-24-31-36/h16-24,26-31,37-39,42-43H,3-15,25,32-33H2,1-2H3/t37?,38?,39-,40+/m1/s1. The summed E-state index contributed by atoms with van der Waals surface area (Å²) in [6.07, 6.45) is 16.5. The van der Waals surface area contributed by atoms with Crippen LogP contribution >= 0.6 is 0 Å². The lowest BCUT2D eigenvalue weighted by atomic mass is 9.62. The van der Waals surface area contributed by atoms with E-state index >= 15 is 0 Å². The van der Waals surface area contributed by atoms with Crippen LogP contribution in [0.2, 0.25) is 0 Å². The highest BCUT2D eigenvalue weighted by Crippen LogP contribution is 2.48. The van der Waals surface area contributed by atoms with Gasteiger partial charge in [-0.1, -0.05) is 188 Å². The second-order valence-electron chi connectivity index (χ2n) is 13.2. The molecule has 3 aromatic rings. The zero-order chi connectivity index (χ0) is 31.8. The molecule has 1 saturated heterocycles. The lowest BCUT2D eigenvalue weighted by Crippen LogP contribution is -2.56. The van der Waals surface area contributed by atoms with Crippen molar-refractivity contribution in [3.05, 3.63) is 108 Å². The molecular weight excluding hydrogens is 556 g/mol. The molecule has 0 bridgehead atoms. The Morgan fingerprint density at radius 1 is 0.667 bits per heavy atom. The maximum Gasteiger partial charge on any atom is 0.160 e. The highest BCUT2D eigenvalue weighted by atomic mass is 16.7. The van der Waals surface area contributed by atoms with Crippen molar-refractivity contribution in [2.75, 3.05) is 7.11 Å². The van der Waals surface area contributed by atoms with Crippen LogP contribution in [0.5, 0.6) is 0 Å². The molecular formula is C41H58O4. The monoisotopic (exact) mass is 614 g/mol. The van der Waals surface area contributed by atoms with E-state index in [1.165, 1.54) is 77.0 Å². The van der Waals surface area contributed by atoms with E-state index in [1.807, 2.05) is 54.6 Å². The molecule has 246 valence electrons. The van der Waals surface area contributed by atoms with Crippen LogP contribution in [0.15, 0.2) is 91.0 Å². The van der Waals surface area contributed by atoms with Gasteiger partial charge >= 0.3 is 0 Å². The first kappa shape index (κ1) is 35.4. The van der Waals surface area contributed by atoms with Gasteiger partial charge in [0.2, 0.25) is 0 Å². The Morgan fingerprint density at radius 2 is 1.04 bits per heavy atom. The second-order valence-corrected chi connectivity index (χ2v) is 13.2. The predicted octanol–water partition coefficient (Wildman–Crippen LogP) is 9.75. The molecule has 4 rings (SSSR count). The fraction of sp³-hybridized carbons (Fsp3) is 0.561. The molecule has 1 fully saturated rings. The van der Waals surface area contributed by atoms with E-state index in [4.69, 9.17) is 9.47 Å². The van der Waals surface area contributed by atoms with Crippen molar-refractivity contribution in [3.8, 4) is 0 Å². The highest BCUT2D eigenvalue weighted by molar-refractivity contribution is 5.52. The number of hydrogen-bond acceptors (Lipinski definition) is 4. The van der Waals surface area contributed by atoms with Crippen LogP contribution in [0, 0.1) is 0 Å². The van der Waals surface area contributed by atoms with Crippen LogP contribution in [0.25, 0.3) is 0 Å². The minimum absolute atomic E-state index is 0.345. The van der Waals surface area contributed by atoms with Gasteiger partial charge in [0.1, 0.15) is 12.2 Å². The van der Waals surface area contributed by atoms with E-state index in [1.54, 1.807) is 7.11 Å². The third-order valence-electron chi connectivity index (χ3n) is 9.99. The Balaban J connectivity index is 1.42.